The Balaban J connectivity index is 1.50. The van der Waals surface area contributed by atoms with Crippen LogP contribution in [0.3, 0.4) is 0 Å². The molecule has 0 spiro atoms. The molecule has 3 heteroatoms. The number of hydrogen-bond acceptors (Lipinski definition) is 2. The van der Waals surface area contributed by atoms with E-state index in [1.165, 1.54) is 36.0 Å². The minimum atomic E-state index is -0.512. The first-order valence-electron chi connectivity index (χ1n) is 11.3. The minimum Gasteiger partial charge on any atom is -0.480 e. The van der Waals surface area contributed by atoms with Gasteiger partial charge in [0.2, 0.25) is 0 Å². The summed E-state index contributed by atoms with van der Waals surface area (Å²) < 4.78 is 6.20. The van der Waals surface area contributed by atoms with E-state index in [1.54, 1.807) is 0 Å². The minimum absolute atomic E-state index is 0.00916. The first-order chi connectivity index (χ1) is 14.7. The Kier molecular flexibility index (Phi) is 6.37. The third kappa shape index (κ3) is 4.35. The zero-order valence-corrected chi connectivity index (χ0v) is 18.0. The van der Waals surface area contributed by atoms with Gasteiger partial charge in [-0.2, -0.15) is 0 Å². The van der Waals surface area contributed by atoms with Gasteiger partial charge < -0.3 is 10.1 Å². The fraction of sp³-hybridized carbons (Fsp3) is 0.370. The molecule has 0 heterocycles. The van der Waals surface area contributed by atoms with Gasteiger partial charge in [-0.3, -0.25) is 4.79 Å². The normalized spacial score (nSPS) is 15.3. The number of rotatable bonds is 7. The van der Waals surface area contributed by atoms with E-state index in [2.05, 4.69) is 42.6 Å². The van der Waals surface area contributed by atoms with Crippen molar-refractivity contribution in [2.24, 2.45) is 0 Å². The highest BCUT2D eigenvalue weighted by Gasteiger charge is 2.23. The van der Waals surface area contributed by atoms with Crippen molar-refractivity contribution in [2.45, 2.75) is 64.5 Å². The summed E-state index contributed by atoms with van der Waals surface area (Å²) in [4.78, 5) is 13.1. The lowest BCUT2D eigenvalue weighted by molar-refractivity contribution is -0.128. The molecule has 4 rings (SSSR count). The number of carbonyl (C=O) groups is 1. The molecule has 0 unspecified atom stereocenters. The number of nitrogens with one attached hydrogen (secondary N) is 1. The molecule has 30 heavy (non-hydrogen) atoms. The van der Waals surface area contributed by atoms with Crippen molar-refractivity contribution in [1.82, 2.24) is 5.32 Å². The first-order valence-corrected chi connectivity index (χ1v) is 11.3. The van der Waals surface area contributed by atoms with Crippen molar-refractivity contribution in [3.05, 3.63) is 77.4 Å². The lowest BCUT2D eigenvalue weighted by Gasteiger charge is -2.24. The maximum atomic E-state index is 13.1. The smallest absolute Gasteiger partial charge is 0.261 e. The van der Waals surface area contributed by atoms with Crippen LogP contribution in [0.2, 0.25) is 0 Å². The quantitative estimate of drug-likeness (QED) is 0.516. The van der Waals surface area contributed by atoms with Gasteiger partial charge >= 0.3 is 0 Å². The van der Waals surface area contributed by atoms with E-state index in [4.69, 9.17) is 4.74 Å². The summed E-state index contributed by atoms with van der Waals surface area (Å²) in [5.41, 5.74) is 4.12. The highest BCUT2D eigenvalue weighted by atomic mass is 16.5. The highest BCUT2D eigenvalue weighted by Crippen LogP contribution is 2.28. The molecule has 0 bridgehead atoms. The molecular weight excluding hydrogens is 370 g/mol. The summed E-state index contributed by atoms with van der Waals surface area (Å²) in [6, 6.07) is 20.8. The first kappa shape index (κ1) is 20.5. The van der Waals surface area contributed by atoms with E-state index >= 15 is 0 Å². The standard InChI is InChI=1S/C27H31NO2/c1-3-24(22-17-16-19-10-5-6-12-21(19)18-22)28-27(29)25(4-2)30-26-15-9-13-20-11-7-8-14-23(20)26/h7-9,11,13-18,24-25H,3-6,10,12H2,1-2H3,(H,28,29)/t24-,25+/m0/s1. The van der Waals surface area contributed by atoms with Gasteiger partial charge in [-0.1, -0.05) is 68.4 Å². The van der Waals surface area contributed by atoms with Crippen LogP contribution in [0.15, 0.2) is 60.7 Å². The van der Waals surface area contributed by atoms with Gasteiger partial charge in [0, 0.05) is 5.39 Å². The molecule has 3 nitrogen and oxygen atoms in total. The Bertz CT molecular complexity index is 1020. The molecular formula is C27H31NO2. The van der Waals surface area contributed by atoms with Crippen molar-refractivity contribution in [3.63, 3.8) is 0 Å². The Morgan fingerprint density at radius 1 is 0.933 bits per heavy atom. The fourth-order valence-electron chi connectivity index (χ4n) is 4.43. The second kappa shape index (κ2) is 9.34. The number of carbonyl (C=O) groups excluding carboxylic acids is 1. The van der Waals surface area contributed by atoms with Crippen molar-refractivity contribution in [3.8, 4) is 5.75 Å². The van der Waals surface area contributed by atoms with E-state index in [9.17, 15) is 4.79 Å². The second-order valence-corrected chi connectivity index (χ2v) is 8.20. The lowest BCUT2D eigenvalue weighted by atomic mass is 9.88. The predicted molar refractivity (Wildman–Crippen MR) is 123 cm³/mol. The van der Waals surface area contributed by atoms with Crippen molar-refractivity contribution >= 4 is 16.7 Å². The van der Waals surface area contributed by atoms with Gasteiger partial charge in [-0.25, -0.2) is 0 Å². The molecule has 3 aromatic carbocycles. The van der Waals surface area contributed by atoms with Crippen LogP contribution in [0.25, 0.3) is 10.8 Å². The van der Waals surface area contributed by atoms with Crippen LogP contribution in [0.1, 0.15) is 62.3 Å². The molecule has 1 N–H and O–H groups in total. The summed E-state index contributed by atoms with van der Waals surface area (Å²) >= 11 is 0. The Labute approximate surface area is 179 Å². The van der Waals surface area contributed by atoms with Crippen LogP contribution >= 0.6 is 0 Å². The zero-order chi connectivity index (χ0) is 20.9. The number of benzene rings is 3. The summed E-state index contributed by atoms with van der Waals surface area (Å²) in [7, 11) is 0. The van der Waals surface area contributed by atoms with Gasteiger partial charge in [-0.15, -0.1) is 0 Å². The molecule has 0 radical (unpaired) electrons. The average molecular weight is 402 g/mol. The number of hydrogen-bond donors (Lipinski definition) is 1. The van der Waals surface area contributed by atoms with Crippen molar-refractivity contribution < 1.29 is 9.53 Å². The number of fused-ring (bicyclic) bond motifs is 2. The monoisotopic (exact) mass is 401 g/mol. The number of aryl methyl sites for hydroxylation is 2. The molecule has 156 valence electrons. The summed E-state index contributed by atoms with van der Waals surface area (Å²) in [6.07, 6.45) is 5.83. The second-order valence-electron chi connectivity index (χ2n) is 8.20. The number of amides is 1. The van der Waals surface area contributed by atoms with Gasteiger partial charge in [0.15, 0.2) is 6.10 Å². The summed E-state index contributed by atoms with van der Waals surface area (Å²) in [5, 5.41) is 5.40. The van der Waals surface area contributed by atoms with Gasteiger partial charge in [0.25, 0.3) is 5.91 Å². The Morgan fingerprint density at radius 3 is 2.50 bits per heavy atom. The fourth-order valence-corrected chi connectivity index (χ4v) is 4.43. The molecule has 2 atom stereocenters. The molecule has 0 aliphatic heterocycles. The van der Waals surface area contributed by atoms with Crippen LogP contribution < -0.4 is 10.1 Å². The van der Waals surface area contributed by atoms with E-state index in [0.29, 0.717) is 6.42 Å². The molecule has 0 saturated carbocycles. The Morgan fingerprint density at radius 2 is 1.70 bits per heavy atom. The Hall–Kier alpha value is -2.81. The third-order valence-corrected chi connectivity index (χ3v) is 6.18. The third-order valence-electron chi connectivity index (χ3n) is 6.18. The lowest BCUT2D eigenvalue weighted by Crippen LogP contribution is -2.40. The van der Waals surface area contributed by atoms with Crippen molar-refractivity contribution in [1.29, 1.82) is 0 Å². The number of ether oxygens (including phenoxy) is 1. The van der Waals surface area contributed by atoms with Crippen molar-refractivity contribution in [2.75, 3.05) is 0 Å². The van der Waals surface area contributed by atoms with Crippen LogP contribution in [0.5, 0.6) is 5.75 Å². The van der Waals surface area contributed by atoms with E-state index in [-0.39, 0.29) is 11.9 Å². The zero-order valence-electron chi connectivity index (χ0n) is 18.0. The largest absolute Gasteiger partial charge is 0.480 e. The maximum absolute atomic E-state index is 13.1. The predicted octanol–water partition coefficient (Wildman–Crippen LogP) is 6.14. The molecule has 0 aromatic heterocycles. The highest BCUT2D eigenvalue weighted by molar-refractivity contribution is 5.89. The van der Waals surface area contributed by atoms with Crippen LogP contribution in [0, 0.1) is 0 Å². The van der Waals surface area contributed by atoms with Crippen LogP contribution in [-0.4, -0.2) is 12.0 Å². The molecule has 0 fully saturated rings. The van der Waals surface area contributed by atoms with Gasteiger partial charge in [0.05, 0.1) is 6.04 Å². The SMILES string of the molecule is CC[C@H](NC(=O)[C@@H](CC)Oc1cccc2ccccc12)c1ccc2c(c1)CCCC2. The van der Waals surface area contributed by atoms with Crippen LogP contribution in [-0.2, 0) is 17.6 Å². The molecule has 1 aliphatic rings. The molecule has 1 amide bonds. The summed E-state index contributed by atoms with van der Waals surface area (Å²) in [6.45, 7) is 4.12. The van der Waals surface area contributed by atoms with E-state index in [0.717, 1.165) is 29.4 Å². The molecule has 1 aliphatic carbocycles. The molecule has 3 aromatic rings. The maximum Gasteiger partial charge on any atom is 0.261 e. The molecule has 0 saturated heterocycles. The topological polar surface area (TPSA) is 38.3 Å². The van der Waals surface area contributed by atoms with E-state index < -0.39 is 6.10 Å². The van der Waals surface area contributed by atoms with Gasteiger partial charge in [0.1, 0.15) is 5.75 Å². The van der Waals surface area contributed by atoms with Gasteiger partial charge in [-0.05, 0) is 66.7 Å². The summed E-state index contributed by atoms with van der Waals surface area (Å²) in [5.74, 6) is 0.715. The average Bonchev–Trinajstić information content (AvgIpc) is 2.80. The van der Waals surface area contributed by atoms with Crippen LogP contribution in [0.4, 0.5) is 0 Å². The van der Waals surface area contributed by atoms with E-state index in [1.807, 2.05) is 37.3 Å².